The van der Waals surface area contributed by atoms with E-state index >= 15 is 0 Å². The zero-order chi connectivity index (χ0) is 24.7. The minimum atomic E-state index is -3.36. The summed E-state index contributed by atoms with van der Waals surface area (Å²) in [7, 11) is -1.88. The summed E-state index contributed by atoms with van der Waals surface area (Å²) in [4.78, 5) is 24.6. The fraction of sp³-hybridized carbons (Fsp3) is 0.417. The van der Waals surface area contributed by atoms with Crippen molar-refractivity contribution in [3.05, 3.63) is 46.5 Å². The van der Waals surface area contributed by atoms with Crippen LogP contribution < -0.4 is 18.5 Å². The van der Waals surface area contributed by atoms with Crippen LogP contribution in [0.1, 0.15) is 47.3 Å². The third-order valence-corrected chi connectivity index (χ3v) is 7.04. The predicted octanol–water partition coefficient (Wildman–Crippen LogP) is 3.74. The molecule has 3 rings (SSSR count). The zero-order valence-corrected chi connectivity index (χ0v) is 20.8. The third-order valence-electron chi connectivity index (χ3n) is 5.84. The second-order valence-electron chi connectivity index (χ2n) is 8.67. The Hall–Kier alpha value is -3.07. The molecule has 0 saturated heterocycles. The molecule has 178 valence electrons. The Morgan fingerprint density at radius 2 is 1.73 bits per heavy atom. The van der Waals surface area contributed by atoms with Crippen molar-refractivity contribution in [1.29, 1.82) is 0 Å². The van der Waals surface area contributed by atoms with Gasteiger partial charge in [-0.25, -0.2) is 8.42 Å². The van der Waals surface area contributed by atoms with Gasteiger partial charge in [-0.1, -0.05) is 0 Å². The number of rotatable bonds is 6. The SMILES string of the molecule is CC(=O)Oc1c(C)c(C)c2c(c1C)C(=O)CC(C)(COc1ccc(N(C)S(C)(=O)=O)cc1)O2. The topological polar surface area (TPSA) is 99.2 Å². The summed E-state index contributed by atoms with van der Waals surface area (Å²) < 4.78 is 42.1. The number of ether oxygens (including phenoxy) is 3. The number of ketones is 1. The molecular weight excluding hydrogens is 446 g/mol. The third kappa shape index (κ3) is 4.98. The molecule has 1 aliphatic rings. The van der Waals surface area contributed by atoms with Crippen LogP contribution in [0, 0.1) is 20.8 Å². The van der Waals surface area contributed by atoms with E-state index in [2.05, 4.69) is 0 Å². The number of carbonyl (C=O) groups is 2. The molecule has 1 aliphatic heterocycles. The van der Waals surface area contributed by atoms with Gasteiger partial charge in [-0.2, -0.15) is 0 Å². The van der Waals surface area contributed by atoms with Crippen molar-refractivity contribution < 1.29 is 32.2 Å². The van der Waals surface area contributed by atoms with Crippen LogP contribution in [0.25, 0.3) is 0 Å². The van der Waals surface area contributed by atoms with E-state index in [4.69, 9.17) is 14.2 Å². The standard InChI is InChI=1S/C24H29NO7S/c1-14-15(2)23-21(16(3)22(14)31-17(4)26)20(27)12-24(5,32-23)13-30-19-10-8-18(9-11-19)25(6)33(7,28)29/h8-11H,12-13H2,1-7H3. The number of hydrogen-bond donors (Lipinski definition) is 0. The van der Waals surface area contributed by atoms with Crippen LogP contribution in [-0.2, 0) is 14.8 Å². The Labute approximate surface area is 194 Å². The smallest absolute Gasteiger partial charge is 0.308 e. The molecule has 2 aromatic carbocycles. The van der Waals surface area contributed by atoms with E-state index in [1.165, 1.54) is 18.3 Å². The lowest BCUT2D eigenvalue weighted by molar-refractivity contribution is -0.132. The molecule has 2 aromatic rings. The minimum Gasteiger partial charge on any atom is -0.489 e. The van der Waals surface area contributed by atoms with Crippen LogP contribution in [0.5, 0.6) is 17.2 Å². The number of fused-ring (bicyclic) bond motifs is 1. The highest BCUT2D eigenvalue weighted by atomic mass is 32.2. The summed E-state index contributed by atoms with van der Waals surface area (Å²) in [6.45, 7) is 8.65. The van der Waals surface area contributed by atoms with Gasteiger partial charge in [0.2, 0.25) is 10.0 Å². The molecule has 8 nitrogen and oxygen atoms in total. The highest BCUT2D eigenvalue weighted by Gasteiger charge is 2.40. The first kappa shape index (κ1) is 24.6. The molecule has 0 aliphatic carbocycles. The summed E-state index contributed by atoms with van der Waals surface area (Å²) in [5.74, 6) is 0.847. The van der Waals surface area contributed by atoms with Gasteiger partial charge in [0.1, 0.15) is 29.5 Å². The lowest BCUT2D eigenvalue weighted by Gasteiger charge is -2.36. The van der Waals surface area contributed by atoms with Gasteiger partial charge >= 0.3 is 5.97 Å². The van der Waals surface area contributed by atoms with Crippen molar-refractivity contribution in [2.75, 3.05) is 24.2 Å². The van der Waals surface area contributed by atoms with Crippen LogP contribution in [0.2, 0.25) is 0 Å². The van der Waals surface area contributed by atoms with Gasteiger partial charge in [0.25, 0.3) is 0 Å². The first-order valence-corrected chi connectivity index (χ1v) is 12.3. The van der Waals surface area contributed by atoms with Crippen LogP contribution in [-0.4, -0.2) is 45.7 Å². The summed E-state index contributed by atoms with van der Waals surface area (Å²) in [6.07, 6.45) is 1.23. The van der Waals surface area contributed by atoms with Gasteiger partial charge in [-0.3, -0.25) is 13.9 Å². The second-order valence-corrected chi connectivity index (χ2v) is 10.7. The highest BCUT2D eigenvalue weighted by Crippen LogP contribution is 2.44. The first-order chi connectivity index (χ1) is 15.2. The number of nitrogens with zero attached hydrogens (tertiary/aromatic N) is 1. The largest absolute Gasteiger partial charge is 0.489 e. The van der Waals surface area contributed by atoms with Crippen LogP contribution in [0.15, 0.2) is 24.3 Å². The molecule has 9 heteroatoms. The molecular formula is C24H29NO7S. The Balaban J connectivity index is 1.83. The van der Waals surface area contributed by atoms with E-state index in [0.717, 1.165) is 17.4 Å². The monoisotopic (exact) mass is 475 g/mol. The van der Waals surface area contributed by atoms with Crippen molar-refractivity contribution >= 4 is 27.5 Å². The molecule has 0 aromatic heterocycles. The minimum absolute atomic E-state index is 0.0950. The molecule has 1 unspecified atom stereocenters. The number of hydrogen-bond acceptors (Lipinski definition) is 7. The maximum Gasteiger partial charge on any atom is 0.308 e. The second kappa shape index (κ2) is 8.70. The van der Waals surface area contributed by atoms with E-state index in [-0.39, 0.29) is 18.8 Å². The molecule has 1 atom stereocenters. The lowest BCUT2D eigenvalue weighted by Crippen LogP contribution is -2.45. The number of Topliss-reactive ketones (excluding diaryl/α,β-unsaturated/α-hetero) is 1. The molecule has 0 N–H and O–H groups in total. The molecule has 0 radical (unpaired) electrons. The predicted molar refractivity (Wildman–Crippen MR) is 125 cm³/mol. The van der Waals surface area contributed by atoms with Gasteiger partial charge in [0.05, 0.1) is 23.9 Å². The first-order valence-electron chi connectivity index (χ1n) is 10.4. The molecule has 0 bridgehead atoms. The molecule has 0 amide bonds. The highest BCUT2D eigenvalue weighted by molar-refractivity contribution is 7.92. The van der Waals surface area contributed by atoms with E-state index in [1.807, 2.05) is 20.8 Å². The average Bonchev–Trinajstić information content (AvgIpc) is 2.72. The van der Waals surface area contributed by atoms with Crippen LogP contribution in [0.3, 0.4) is 0 Å². The molecule has 0 spiro atoms. The normalized spacial score (nSPS) is 17.7. The fourth-order valence-corrected chi connectivity index (χ4v) is 4.33. The van der Waals surface area contributed by atoms with Crippen LogP contribution in [0.4, 0.5) is 5.69 Å². The molecule has 1 heterocycles. The van der Waals surface area contributed by atoms with Crippen molar-refractivity contribution in [1.82, 2.24) is 0 Å². The number of sulfonamides is 1. The van der Waals surface area contributed by atoms with Crippen molar-refractivity contribution in [3.63, 3.8) is 0 Å². The Morgan fingerprint density at radius 3 is 2.27 bits per heavy atom. The Bertz CT molecular complexity index is 1220. The summed E-state index contributed by atoms with van der Waals surface area (Å²) in [5, 5.41) is 0. The maximum absolute atomic E-state index is 13.1. The zero-order valence-electron chi connectivity index (χ0n) is 19.9. The quantitative estimate of drug-likeness (QED) is 0.464. The maximum atomic E-state index is 13.1. The summed E-state index contributed by atoms with van der Waals surface area (Å²) in [6, 6.07) is 6.64. The number of esters is 1. The summed E-state index contributed by atoms with van der Waals surface area (Å²) in [5.41, 5.74) is 2.10. The number of benzene rings is 2. The average molecular weight is 476 g/mol. The van der Waals surface area contributed by atoms with Crippen molar-refractivity contribution in [3.8, 4) is 17.2 Å². The van der Waals surface area contributed by atoms with E-state index in [0.29, 0.717) is 34.1 Å². The van der Waals surface area contributed by atoms with Crippen molar-refractivity contribution in [2.45, 2.75) is 46.6 Å². The van der Waals surface area contributed by atoms with Gasteiger partial charge in [-0.15, -0.1) is 0 Å². The Kier molecular flexibility index (Phi) is 6.48. The number of anilines is 1. The van der Waals surface area contributed by atoms with Gasteiger partial charge in [-0.05, 0) is 63.1 Å². The van der Waals surface area contributed by atoms with Crippen LogP contribution >= 0.6 is 0 Å². The number of carbonyl (C=O) groups excluding carboxylic acids is 2. The molecule has 33 heavy (non-hydrogen) atoms. The van der Waals surface area contributed by atoms with E-state index < -0.39 is 21.6 Å². The van der Waals surface area contributed by atoms with E-state index in [1.54, 1.807) is 31.2 Å². The summed E-state index contributed by atoms with van der Waals surface area (Å²) >= 11 is 0. The van der Waals surface area contributed by atoms with Gasteiger partial charge < -0.3 is 14.2 Å². The fourth-order valence-electron chi connectivity index (χ4n) is 3.82. The van der Waals surface area contributed by atoms with E-state index in [9.17, 15) is 18.0 Å². The molecule has 0 fully saturated rings. The lowest BCUT2D eigenvalue weighted by atomic mass is 9.86. The van der Waals surface area contributed by atoms with Gasteiger partial charge in [0.15, 0.2) is 5.78 Å². The van der Waals surface area contributed by atoms with Gasteiger partial charge in [0, 0.05) is 19.5 Å². The van der Waals surface area contributed by atoms with Crippen molar-refractivity contribution in [2.24, 2.45) is 0 Å². The Morgan fingerprint density at radius 1 is 1.12 bits per heavy atom. The molecule has 0 saturated carbocycles.